The number of hydrogen-bond acceptors (Lipinski definition) is 4. The van der Waals surface area contributed by atoms with Crippen LogP contribution < -0.4 is 10.6 Å². The molecule has 0 saturated carbocycles. The third-order valence-electron chi connectivity index (χ3n) is 3.40. The first-order valence-corrected chi connectivity index (χ1v) is 7.33. The van der Waals surface area contributed by atoms with Gasteiger partial charge in [0, 0.05) is 24.7 Å². The van der Waals surface area contributed by atoms with Crippen molar-refractivity contribution in [3.05, 3.63) is 54.0 Å². The third kappa shape index (κ3) is 4.69. The average Bonchev–Trinajstić information content (AvgIpc) is 3.00. The predicted octanol–water partition coefficient (Wildman–Crippen LogP) is 2.27. The van der Waals surface area contributed by atoms with Gasteiger partial charge in [-0.3, -0.25) is 14.5 Å². The second-order valence-corrected chi connectivity index (χ2v) is 5.47. The third-order valence-corrected chi connectivity index (χ3v) is 3.40. The topological polar surface area (TPSA) is 74.6 Å². The molecule has 1 heterocycles. The van der Waals surface area contributed by atoms with Gasteiger partial charge in [0.25, 0.3) is 5.91 Å². The van der Waals surface area contributed by atoms with Crippen LogP contribution in [-0.4, -0.2) is 37.4 Å². The standard InChI is InChI=1S/C17H21N3O3/c1-12(21)19-14-7-4-6-13(10-14)17(22)18-11-15(20(2)3)16-8-5-9-23-16/h4-10,15H,11H2,1-3H3,(H,18,22)(H,19,21). The molecule has 0 bridgehead atoms. The van der Waals surface area contributed by atoms with Crippen molar-refractivity contribution in [1.29, 1.82) is 0 Å². The maximum atomic E-state index is 12.3. The molecule has 23 heavy (non-hydrogen) atoms. The summed E-state index contributed by atoms with van der Waals surface area (Å²) in [6.45, 7) is 1.85. The number of nitrogens with one attached hydrogen (secondary N) is 2. The minimum absolute atomic E-state index is 0.0486. The van der Waals surface area contributed by atoms with Crippen LogP contribution >= 0.6 is 0 Å². The van der Waals surface area contributed by atoms with Crippen LogP contribution in [0.3, 0.4) is 0 Å². The van der Waals surface area contributed by atoms with Gasteiger partial charge in [0.2, 0.25) is 5.91 Å². The normalized spacial score (nSPS) is 12.0. The van der Waals surface area contributed by atoms with E-state index < -0.39 is 0 Å². The highest BCUT2D eigenvalue weighted by atomic mass is 16.3. The smallest absolute Gasteiger partial charge is 0.251 e. The van der Waals surface area contributed by atoms with E-state index in [2.05, 4.69) is 10.6 Å². The Kier molecular flexibility index (Phi) is 5.54. The van der Waals surface area contributed by atoms with E-state index in [1.165, 1.54) is 6.92 Å². The molecule has 0 aliphatic carbocycles. The summed E-state index contributed by atoms with van der Waals surface area (Å²) in [5.74, 6) is 0.422. The van der Waals surface area contributed by atoms with Crippen molar-refractivity contribution >= 4 is 17.5 Å². The molecule has 0 radical (unpaired) electrons. The Morgan fingerprint density at radius 3 is 2.61 bits per heavy atom. The van der Waals surface area contributed by atoms with Crippen molar-refractivity contribution < 1.29 is 14.0 Å². The quantitative estimate of drug-likeness (QED) is 0.857. The van der Waals surface area contributed by atoms with Crippen LogP contribution in [0.25, 0.3) is 0 Å². The SMILES string of the molecule is CC(=O)Nc1cccc(C(=O)NCC(c2ccco2)N(C)C)c1. The molecule has 1 aromatic heterocycles. The maximum absolute atomic E-state index is 12.3. The average molecular weight is 315 g/mol. The zero-order valence-electron chi connectivity index (χ0n) is 13.5. The highest BCUT2D eigenvalue weighted by molar-refractivity contribution is 5.96. The van der Waals surface area contributed by atoms with Crippen LogP contribution in [0, 0.1) is 0 Å². The van der Waals surface area contributed by atoms with Gasteiger partial charge in [-0.05, 0) is 44.4 Å². The number of benzene rings is 1. The van der Waals surface area contributed by atoms with Crippen LogP contribution in [0.15, 0.2) is 47.1 Å². The summed E-state index contributed by atoms with van der Waals surface area (Å²) in [4.78, 5) is 25.4. The van der Waals surface area contributed by atoms with Crippen molar-refractivity contribution in [2.75, 3.05) is 26.0 Å². The van der Waals surface area contributed by atoms with Crippen molar-refractivity contribution in [2.24, 2.45) is 0 Å². The molecule has 1 aromatic carbocycles. The van der Waals surface area contributed by atoms with Gasteiger partial charge in [-0.25, -0.2) is 0 Å². The van der Waals surface area contributed by atoms with Gasteiger partial charge in [-0.1, -0.05) is 6.07 Å². The Hall–Kier alpha value is -2.60. The second kappa shape index (κ2) is 7.60. The lowest BCUT2D eigenvalue weighted by Crippen LogP contribution is -2.34. The molecule has 2 aromatic rings. The molecule has 0 fully saturated rings. The molecule has 0 spiro atoms. The predicted molar refractivity (Wildman–Crippen MR) is 88.2 cm³/mol. The number of carbonyl (C=O) groups is 2. The Morgan fingerprint density at radius 1 is 1.22 bits per heavy atom. The first-order chi connectivity index (χ1) is 11.0. The van der Waals surface area contributed by atoms with E-state index >= 15 is 0 Å². The number of anilines is 1. The van der Waals surface area contributed by atoms with Crippen LogP contribution in [0.4, 0.5) is 5.69 Å². The van der Waals surface area contributed by atoms with Gasteiger partial charge in [0.1, 0.15) is 5.76 Å². The fourth-order valence-electron chi connectivity index (χ4n) is 2.25. The highest BCUT2D eigenvalue weighted by Crippen LogP contribution is 2.18. The Labute approximate surface area is 135 Å². The molecule has 122 valence electrons. The van der Waals surface area contributed by atoms with Gasteiger partial charge in [-0.15, -0.1) is 0 Å². The molecule has 2 amide bonds. The summed E-state index contributed by atoms with van der Waals surface area (Å²) >= 11 is 0. The number of likely N-dealkylation sites (N-methyl/N-ethyl adjacent to an activating group) is 1. The van der Waals surface area contributed by atoms with Crippen molar-refractivity contribution in [1.82, 2.24) is 10.2 Å². The molecule has 0 aliphatic rings. The summed E-state index contributed by atoms with van der Waals surface area (Å²) in [7, 11) is 3.85. The zero-order valence-corrected chi connectivity index (χ0v) is 13.5. The Balaban J connectivity index is 2.02. The van der Waals surface area contributed by atoms with E-state index in [0.717, 1.165) is 5.76 Å². The summed E-state index contributed by atoms with van der Waals surface area (Å²) in [5.41, 5.74) is 1.09. The fourth-order valence-corrected chi connectivity index (χ4v) is 2.25. The minimum Gasteiger partial charge on any atom is -0.468 e. The molecule has 0 aliphatic heterocycles. The minimum atomic E-state index is -0.199. The number of amides is 2. The Morgan fingerprint density at radius 2 is 2.00 bits per heavy atom. The summed E-state index contributed by atoms with van der Waals surface area (Å²) in [6.07, 6.45) is 1.62. The largest absolute Gasteiger partial charge is 0.468 e. The van der Waals surface area contributed by atoms with Crippen molar-refractivity contribution in [3.63, 3.8) is 0 Å². The first-order valence-electron chi connectivity index (χ1n) is 7.33. The summed E-state index contributed by atoms with van der Waals surface area (Å²) < 4.78 is 5.42. The van der Waals surface area contributed by atoms with E-state index in [1.807, 2.05) is 31.1 Å². The van der Waals surface area contributed by atoms with Gasteiger partial charge in [0.05, 0.1) is 12.3 Å². The Bertz CT molecular complexity index is 665. The molecular weight excluding hydrogens is 294 g/mol. The fraction of sp³-hybridized carbons (Fsp3) is 0.294. The summed E-state index contributed by atoms with van der Waals surface area (Å²) in [5, 5.41) is 5.56. The summed E-state index contributed by atoms with van der Waals surface area (Å²) in [6, 6.07) is 10.5. The van der Waals surface area contributed by atoms with Crippen molar-refractivity contribution in [2.45, 2.75) is 13.0 Å². The molecular formula is C17H21N3O3. The van der Waals surface area contributed by atoms with Crippen molar-refractivity contribution in [3.8, 4) is 0 Å². The molecule has 6 heteroatoms. The van der Waals surface area contributed by atoms with Crippen LogP contribution in [0.1, 0.15) is 29.1 Å². The lowest BCUT2D eigenvalue weighted by atomic mass is 10.1. The van der Waals surface area contributed by atoms with Crippen LogP contribution in [0.2, 0.25) is 0 Å². The lowest BCUT2D eigenvalue weighted by Gasteiger charge is -2.22. The first kappa shape index (κ1) is 16.8. The monoisotopic (exact) mass is 315 g/mol. The number of furan rings is 1. The molecule has 1 atom stereocenters. The molecule has 6 nitrogen and oxygen atoms in total. The van der Waals surface area contributed by atoms with Crippen LogP contribution in [-0.2, 0) is 4.79 Å². The van der Waals surface area contributed by atoms with E-state index in [4.69, 9.17) is 4.42 Å². The van der Waals surface area contributed by atoms with Gasteiger partial charge >= 0.3 is 0 Å². The van der Waals surface area contributed by atoms with E-state index in [1.54, 1.807) is 30.5 Å². The molecule has 2 N–H and O–H groups in total. The zero-order chi connectivity index (χ0) is 16.8. The lowest BCUT2D eigenvalue weighted by molar-refractivity contribution is -0.114. The van der Waals surface area contributed by atoms with Gasteiger partial charge < -0.3 is 15.1 Å². The molecule has 2 rings (SSSR count). The maximum Gasteiger partial charge on any atom is 0.251 e. The number of hydrogen-bond donors (Lipinski definition) is 2. The van der Waals surface area contributed by atoms with E-state index in [0.29, 0.717) is 17.8 Å². The number of carbonyl (C=O) groups excluding carboxylic acids is 2. The van der Waals surface area contributed by atoms with Gasteiger partial charge in [0.15, 0.2) is 0 Å². The second-order valence-electron chi connectivity index (χ2n) is 5.47. The molecule has 1 unspecified atom stereocenters. The highest BCUT2D eigenvalue weighted by Gasteiger charge is 2.18. The van der Waals surface area contributed by atoms with Crippen LogP contribution in [0.5, 0.6) is 0 Å². The molecule has 0 saturated heterocycles. The van der Waals surface area contributed by atoms with Gasteiger partial charge in [-0.2, -0.15) is 0 Å². The number of nitrogens with zero attached hydrogens (tertiary/aromatic N) is 1. The van der Waals surface area contributed by atoms with E-state index in [9.17, 15) is 9.59 Å². The van der Waals surface area contributed by atoms with E-state index in [-0.39, 0.29) is 17.9 Å². The number of rotatable bonds is 6.